The average molecular weight is 316 g/mol. The third-order valence-corrected chi connectivity index (χ3v) is 3.74. The molecule has 1 aromatic heterocycles. The topological polar surface area (TPSA) is 109 Å². The average Bonchev–Trinajstić information content (AvgIpc) is 3.01. The molecule has 1 heterocycles. The molecule has 0 bridgehead atoms. The van der Waals surface area contributed by atoms with E-state index in [-0.39, 0.29) is 12.2 Å². The van der Waals surface area contributed by atoms with Gasteiger partial charge < -0.3 is 24.4 Å². The Morgan fingerprint density at radius 2 is 2.04 bits per heavy atom. The van der Waals surface area contributed by atoms with Crippen LogP contribution in [0.4, 0.5) is 0 Å². The molecule has 0 saturated carbocycles. The largest absolute Gasteiger partial charge is 0.548 e. The van der Waals surface area contributed by atoms with Gasteiger partial charge in [-0.15, -0.1) is 0 Å². The maximum absolute atomic E-state index is 11.9. The van der Waals surface area contributed by atoms with E-state index in [0.717, 1.165) is 35.8 Å². The minimum atomic E-state index is -1.38. The zero-order valence-corrected chi connectivity index (χ0v) is 12.2. The molecule has 120 valence electrons. The van der Waals surface area contributed by atoms with Crippen LogP contribution in [0.2, 0.25) is 0 Å². The fourth-order valence-corrected chi connectivity index (χ4v) is 2.72. The zero-order chi connectivity index (χ0) is 16.4. The number of ether oxygens (including phenoxy) is 1. The van der Waals surface area contributed by atoms with E-state index in [1.807, 2.05) is 0 Å². The van der Waals surface area contributed by atoms with E-state index in [4.69, 9.17) is 9.15 Å². The van der Waals surface area contributed by atoms with Crippen LogP contribution in [0.3, 0.4) is 0 Å². The second-order valence-corrected chi connectivity index (χ2v) is 5.30. The minimum absolute atomic E-state index is 0.325. The third-order valence-electron chi connectivity index (χ3n) is 3.74. The Kier molecular flexibility index (Phi) is 4.01. The van der Waals surface area contributed by atoms with E-state index in [9.17, 15) is 19.5 Å². The number of carboxylic acid groups (broad SMARTS) is 1. The Balaban J connectivity index is 1.76. The zero-order valence-electron chi connectivity index (χ0n) is 12.2. The highest BCUT2D eigenvalue weighted by molar-refractivity contribution is 5.84. The van der Waals surface area contributed by atoms with Crippen molar-refractivity contribution in [2.45, 2.75) is 19.3 Å². The van der Waals surface area contributed by atoms with Gasteiger partial charge in [-0.1, -0.05) is 0 Å². The highest BCUT2D eigenvalue weighted by Crippen LogP contribution is 2.29. The molecule has 1 N–H and O–H groups in total. The predicted octanol–water partition coefficient (Wildman–Crippen LogP) is -0.473. The number of carbonyl (C=O) groups excluding carboxylic acids is 2. The van der Waals surface area contributed by atoms with Crippen molar-refractivity contribution in [1.82, 2.24) is 5.32 Å². The van der Waals surface area contributed by atoms with Crippen LogP contribution in [0.15, 0.2) is 27.4 Å². The molecule has 0 atom stereocenters. The molecular formula is C16H14NO6-. The van der Waals surface area contributed by atoms with Crippen LogP contribution in [0.5, 0.6) is 5.75 Å². The molecule has 7 nitrogen and oxygen atoms in total. The van der Waals surface area contributed by atoms with E-state index in [1.54, 1.807) is 18.2 Å². The normalized spacial score (nSPS) is 12.9. The van der Waals surface area contributed by atoms with Gasteiger partial charge in [0, 0.05) is 17.0 Å². The standard InChI is InChI=1S/C16H15NO6/c18-14(17-7-15(19)20)8-22-9-4-5-11-10-2-1-3-12(10)16(21)23-13(11)6-9/h4-6H,1-3,7-8H2,(H,17,18)(H,19,20)/p-1. The number of benzene rings is 1. The number of amides is 1. The molecule has 0 spiro atoms. The lowest BCUT2D eigenvalue weighted by Gasteiger charge is -2.09. The number of carboxylic acids is 1. The lowest BCUT2D eigenvalue weighted by molar-refractivity contribution is -0.304. The number of rotatable bonds is 5. The molecule has 1 aromatic carbocycles. The van der Waals surface area contributed by atoms with Crippen molar-refractivity contribution in [2.24, 2.45) is 0 Å². The Labute approximate surface area is 130 Å². The number of aliphatic carboxylic acids is 1. The molecule has 3 rings (SSSR count). The molecule has 23 heavy (non-hydrogen) atoms. The van der Waals surface area contributed by atoms with Crippen molar-refractivity contribution in [1.29, 1.82) is 0 Å². The monoisotopic (exact) mass is 316 g/mol. The molecule has 7 heteroatoms. The summed E-state index contributed by atoms with van der Waals surface area (Å²) in [4.78, 5) is 33.6. The van der Waals surface area contributed by atoms with E-state index < -0.39 is 18.4 Å². The van der Waals surface area contributed by atoms with Crippen molar-refractivity contribution < 1.29 is 23.8 Å². The first-order valence-electron chi connectivity index (χ1n) is 7.22. The van der Waals surface area contributed by atoms with Crippen LogP contribution in [0.25, 0.3) is 11.0 Å². The van der Waals surface area contributed by atoms with Crippen LogP contribution < -0.4 is 20.8 Å². The smallest absolute Gasteiger partial charge is 0.339 e. The summed E-state index contributed by atoms with van der Waals surface area (Å²) in [5.41, 5.74) is 1.86. The molecule has 1 aliphatic carbocycles. The van der Waals surface area contributed by atoms with E-state index >= 15 is 0 Å². The van der Waals surface area contributed by atoms with Crippen LogP contribution in [0, 0.1) is 0 Å². The molecule has 0 aliphatic heterocycles. The second kappa shape index (κ2) is 6.12. The summed E-state index contributed by atoms with van der Waals surface area (Å²) < 4.78 is 10.6. The Bertz CT molecular complexity index is 838. The summed E-state index contributed by atoms with van der Waals surface area (Å²) in [5, 5.41) is 13.3. The maximum Gasteiger partial charge on any atom is 0.339 e. The first kappa shape index (κ1) is 15.1. The summed E-state index contributed by atoms with van der Waals surface area (Å²) in [6.45, 7) is -0.908. The van der Waals surface area contributed by atoms with Crippen molar-refractivity contribution in [2.75, 3.05) is 13.2 Å². The highest BCUT2D eigenvalue weighted by atomic mass is 16.5. The molecule has 1 aliphatic rings. The van der Waals surface area contributed by atoms with Gasteiger partial charge >= 0.3 is 5.63 Å². The van der Waals surface area contributed by atoms with E-state index in [2.05, 4.69) is 5.32 Å². The van der Waals surface area contributed by atoms with Crippen molar-refractivity contribution in [3.63, 3.8) is 0 Å². The van der Waals surface area contributed by atoms with Gasteiger partial charge in [0.05, 0.1) is 12.5 Å². The number of fused-ring (bicyclic) bond motifs is 3. The quantitative estimate of drug-likeness (QED) is 0.747. The van der Waals surface area contributed by atoms with Gasteiger partial charge in [-0.05, 0) is 37.0 Å². The van der Waals surface area contributed by atoms with E-state index in [0.29, 0.717) is 11.3 Å². The lowest BCUT2D eigenvalue weighted by Crippen LogP contribution is -2.39. The van der Waals surface area contributed by atoms with Gasteiger partial charge in [0.25, 0.3) is 5.91 Å². The van der Waals surface area contributed by atoms with Crippen molar-refractivity contribution in [3.8, 4) is 5.75 Å². The number of hydrogen-bond acceptors (Lipinski definition) is 6. The van der Waals surface area contributed by atoms with Gasteiger partial charge in [0.2, 0.25) is 0 Å². The summed E-state index contributed by atoms with van der Waals surface area (Å²) in [5.74, 6) is -1.59. The van der Waals surface area contributed by atoms with Crippen LogP contribution in [-0.4, -0.2) is 25.0 Å². The first-order chi connectivity index (χ1) is 11.0. The summed E-state index contributed by atoms with van der Waals surface area (Å²) in [6.07, 6.45) is 2.53. The predicted molar refractivity (Wildman–Crippen MR) is 78.0 cm³/mol. The van der Waals surface area contributed by atoms with Gasteiger partial charge in [-0.25, -0.2) is 4.79 Å². The number of aryl methyl sites for hydroxylation is 1. The maximum atomic E-state index is 11.9. The van der Waals surface area contributed by atoms with Gasteiger partial charge in [0.15, 0.2) is 6.61 Å². The molecule has 0 radical (unpaired) electrons. The summed E-state index contributed by atoms with van der Waals surface area (Å²) >= 11 is 0. The minimum Gasteiger partial charge on any atom is -0.548 e. The molecule has 0 saturated heterocycles. The number of hydrogen-bond donors (Lipinski definition) is 1. The fraction of sp³-hybridized carbons (Fsp3) is 0.312. The van der Waals surface area contributed by atoms with Crippen LogP contribution in [0.1, 0.15) is 17.5 Å². The van der Waals surface area contributed by atoms with Crippen LogP contribution >= 0.6 is 0 Å². The van der Waals surface area contributed by atoms with Gasteiger partial charge in [-0.2, -0.15) is 0 Å². The second-order valence-electron chi connectivity index (χ2n) is 5.30. The van der Waals surface area contributed by atoms with Crippen molar-refractivity contribution in [3.05, 3.63) is 39.7 Å². The summed E-state index contributed by atoms with van der Waals surface area (Å²) in [6, 6.07) is 5.05. The SMILES string of the molecule is O=C([O-])CNC(=O)COc1ccc2c3c(c(=O)oc2c1)CCC3. The molecule has 0 fully saturated rings. The third kappa shape index (κ3) is 3.18. The van der Waals surface area contributed by atoms with Crippen molar-refractivity contribution >= 4 is 22.8 Å². The molecule has 2 aromatic rings. The van der Waals surface area contributed by atoms with Crippen LogP contribution in [-0.2, 0) is 22.4 Å². The molecule has 0 unspecified atom stereocenters. The van der Waals surface area contributed by atoms with Gasteiger partial charge in [-0.3, -0.25) is 4.79 Å². The lowest BCUT2D eigenvalue weighted by atomic mass is 10.1. The number of nitrogens with one attached hydrogen (secondary N) is 1. The summed E-state index contributed by atoms with van der Waals surface area (Å²) in [7, 11) is 0. The first-order valence-corrected chi connectivity index (χ1v) is 7.22. The van der Waals surface area contributed by atoms with Gasteiger partial charge in [0.1, 0.15) is 11.3 Å². The Morgan fingerprint density at radius 3 is 2.83 bits per heavy atom. The fourth-order valence-electron chi connectivity index (χ4n) is 2.72. The molecular weight excluding hydrogens is 302 g/mol. The molecule has 1 amide bonds. The van der Waals surface area contributed by atoms with E-state index in [1.165, 1.54) is 0 Å². The Morgan fingerprint density at radius 1 is 1.26 bits per heavy atom. The Hall–Kier alpha value is -2.83. The number of carbonyl (C=O) groups is 2. The highest BCUT2D eigenvalue weighted by Gasteiger charge is 2.19.